The predicted octanol–water partition coefficient (Wildman–Crippen LogP) is 2.36. The molecule has 3 amide bonds. The van der Waals surface area contributed by atoms with Crippen LogP contribution in [0.2, 0.25) is 0 Å². The van der Waals surface area contributed by atoms with E-state index in [4.69, 9.17) is 0 Å². The van der Waals surface area contributed by atoms with E-state index in [0.717, 1.165) is 12.0 Å². The van der Waals surface area contributed by atoms with Gasteiger partial charge in [-0.05, 0) is 49.1 Å². The fourth-order valence-electron chi connectivity index (χ4n) is 5.39. The molecule has 1 saturated heterocycles. The molecule has 26 heavy (non-hydrogen) atoms. The monoisotopic (exact) mass is 350 g/mol. The molecule has 5 nitrogen and oxygen atoms in total. The Hall–Kier alpha value is -2.43. The number of allylic oxidation sites excluding steroid dienone is 2. The Morgan fingerprint density at radius 2 is 1.58 bits per heavy atom. The zero-order valence-corrected chi connectivity index (χ0v) is 15.0. The fourth-order valence-corrected chi connectivity index (χ4v) is 5.39. The zero-order valence-electron chi connectivity index (χ0n) is 15.0. The van der Waals surface area contributed by atoms with Crippen molar-refractivity contribution in [1.82, 2.24) is 4.90 Å². The van der Waals surface area contributed by atoms with Crippen molar-refractivity contribution in [2.24, 2.45) is 35.5 Å². The SMILES string of the molecule is CC(=O)N(CN1C(=O)[C@@H]2[C@@H]3C=C[C@H]([C@H]4C[C@H]34)[C@@H]2C1=O)c1ccc(C)cc1. The summed E-state index contributed by atoms with van der Waals surface area (Å²) < 4.78 is 0. The average Bonchev–Trinajstić information content (AvgIpc) is 3.40. The lowest BCUT2D eigenvalue weighted by molar-refractivity contribution is -0.140. The van der Waals surface area contributed by atoms with Crippen LogP contribution in [0.25, 0.3) is 0 Å². The van der Waals surface area contributed by atoms with Gasteiger partial charge in [0.2, 0.25) is 17.7 Å². The smallest absolute Gasteiger partial charge is 0.235 e. The van der Waals surface area contributed by atoms with Crippen molar-refractivity contribution in [2.75, 3.05) is 11.6 Å². The number of nitrogens with zero attached hydrogens (tertiary/aromatic N) is 2. The fraction of sp³-hybridized carbons (Fsp3) is 0.476. The summed E-state index contributed by atoms with van der Waals surface area (Å²) in [5.74, 6) is 0.802. The Kier molecular flexibility index (Phi) is 3.21. The van der Waals surface area contributed by atoms with E-state index in [1.807, 2.05) is 31.2 Å². The van der Waals surface area contributed by atoms with Gasteiger partial charge < -0.3 is 0 Å². The second-order valence-corrected chi connectivity index (χ2v) is 8.18. The van der Waals surface area contributed by atoms with Crippen LogP contribution in [0, 0.1) is 42.4 Å². The molecule has 0 aromatic heterocycles. The van der Waals surface area contributed by atoms with Gasteiger partial charge in [-0.2, -0.15) is 0 Å². The molecule has 6 rings (SSSR count). The molecule has 3 fully saturated rings. The number of hydrogen-bond donors (Lipinski definition) is 0. The number of rotatable bonds is 3. The molecule has 5 aliphatic rings. The van der Waals surface area contributed by atoms with Crippen LogP contribution in [0.15, 0.2) is 36.4 Å². The molecule has 5 heteroatoms. The number of carbonyl (C=O) groups excluding carboxylic acids is 3. The Bertz CT molecular complexity index is 807. The van der Waals surface area contributed by atoms with Crippen molar-refractivity contribution in [3.63, 3.8) is 0 Å². The molecule has 4 aliphatic carbocycles. The molecular weight excluding hydrogens is 328 g/mol. The van der Waals surface area contributed by atoms with E-state index in [1.54, 1.807) is 0 Å². The van der Waals surface area contributed by atoms with E-state index in [9.17, 15) is 14.4 Å². The Balaban J connectivity index is 1.44. The van der Waals surface area contributed by atoms with Gasteiger partial charge in [0.25, 0.3) is 0 Å². The van der Waals surface area contributed by atoms with E-state index in [1.165, 1.54) is 16.7 Å². The lowest BCUT2D eigenvalue weighted by atomic mass is 9.63. The topological polar surface area (TPSA) is 57.7 Å². The van der Waals surface area contributed by atoms with Crippen molar-refractivity contribution in [2.45, 2.75) is 20.3 Å². The number of likely N-dealkylation sites (tertiary alicyclic amines) is 1. The van der Waals surface area contributed by atoms with Crippen LogP contribution in [0.5, 0.6) is 0 Å². The highest BCUT2D eigenvalue weighted by atomic mass is 16.2. The zero-order chi connectivity index (χ0) is 18.2. The van der Waals surface area contributed by atoms with Gasteiger partial charge in [-0.3, -0.25) is 24.2 Å². The molecule has 6 atom stereocenters. The number of carbonyl (C=O) groups is 3. The molecule has 0 N–H and O–H groups in total. The Morgan fingerprint density at radius 1 is 1.04 bits per heavy atom. The summed E-state index contributed by atoms with van der Waals surface area (Å²) in [6.45, 7) is 3.46. The van der Waals surface area contributed by atoms with Gasteiger partial charge >= 0.3 is 0 Å². The number of anilines is 1. The molecule has 2 bridgehead atoms. The van der Waals surface area contributed by atoms with Gasteiger partial charge in [0.1, 0.15) is 6.67 Å². The average molecular weight is 350 g/mol. The molecule has 0 unspecified atom stereocenters. The highest BCUT2D eigenvalue weighted by Gasteiger charge is 2.67. The summed E-state index contributed by atoms with van der Waals surface area (Å²) in [5, 5.41) is 0. The third-order valence-electron chi connectivity index (χ3n) is 6.76. The maximum absolute atomic E-state index is 13.1. The molecule has 2 saturated carbocycles. The number of amides is 3. The van der Waals surface area contributed by atoms with Crippen molar-refractivity contribution in [1.29, 1.82) is 0 Å². The number of benzene rings is 1. The maximum atomic E-state index is 13.1. The maximum Gasteiger partial charge on any atom is 0.235 e. The molecule has 1 aromatic rings. The lowest BCUT2D eigenvalue weighted by Gasteiger charge is -2.37. The van der Waals surface area contributed by atoms with Crippen LogP contribution >= 0.6 is 0 Å². The van der Waals surface area contributed by atoms with Crippen LogP contribution in [0.4, 0.5) is 5.69 Å². The van der Waals surface area contributed by atoms with E-state index in [0.29, 0.717) is 17.5 Å². The predicted molar refractivity (Wildman–Crippen MR) is 95.8 cm³/mol. The first kappa shape index (κ1) is 15.8. The van der Waals surface area contributed by atoms with Crippen LogP contribution in [0.1, 0.15) is 18.9 Å². The van der Waals surface area contributed by atoms with E-state index in [2.05, 4.69) is 12.2 Å². The second-order valence-electron chi connectivity index (χ2n) is 8.18. The van der Waals surface area contributed by atoms with Gasteiger partial charge in [0, 0.05) is 12.6 Å². The van der Waals surface area contributed by atoms with Crippen LogP contribution < -0.4 is 4.90 Å². The van der Waals surface area contributed by atoms with Gasteiger partial charge in [-0.1, -0.05) is 29.8 Å². The first-order chi connectivity index (χ1) is 12.5. The summed E-state index contributed by atoms with van der Waals surface area (Å²) in [7, 11) is 0. The normalized spacial score (nSPS) is 36.2. The van der Waals surface area contributed by atoms with Crippen LogP contribution in [0.3, 0.4) is 0 Å². The van der Waals surface area contributed by atoms with Gasteiger partial charge in [0.15, 0.2) is 0 Å². The third-order valence-corrected chi connectivity index (χ3v) is 6.76. The largest absolute Gasteiger partial charge is 0.294 e. The van der Waals surface area contributed by atoms with Gasteiger partial charge in [-0.15, -0.1) is 0 Å². The first-order valence-electron chi connectivity index (χ1n) is 9.35. The van der Waals surface area contributed by atoms with Crippen LogP contribution in [-0.4, -0.2) is 29.3 Å². The van der Waals surface area contributed by atoms with E-state index in [-0.39, 0.29) is 48.1 Å². The van der Waals surface area contributed by atoms with E-state index >= 15 is 0 Å². The highest BCUT2D eigenvalue weighted by Crippen LogP contribution is 2.65. The minimum Gasteiger partial charge on any atom is -0.294 e. The Labute approximate surface area is 152 Å². The first-order valence-corrected chi connectivity index (χ1v) is 9.35. The van der Waals surface area contributed by atoms with Gasteiger partial charge in [-0.25, -0.2) is 0 Å². The molecule has 0 spiro atoms. The summed E-state index contributed by atoms with van der Waals surface area (Å²) >= 11 is 0. The lowest BCUT2D eigenvalue weighted by Crippen LogP contribution is -2.44. The minimum absolute atomic E-state index is 0.0117. The van der Waals surface area contributed by atoms with E-state index < -0.39 is 0 Å². The van der Waals surface area contributed by atoms with Crippen molar-refractivity contribution in [3.05, 3.63) is 42.0 Å². The quantitative estimate of drug-likeness (QED) is 0.621. The minimum atomic E-state index is -0.215. The van der Waals surface area contributed by atoms with Crippen molar-refractivity contribution < 1.29 is 14.4 Å². The second kappa shape index (κ2) is 5.29. The molecule has 1 heterocycles. The molecule has 134 valence electrons. The summed E-state index contributed by atoms with van der Waals surface area (Å²) in [5.41, 5.74) is 1.81. The van der Waals surface area contributed by atoms with Gasteiger partial charge in [0.05, 0.1) is 11.8 Å². The van der Waals surface area contributed by atoms with Crippen molar-refractivity contribution >= 4 is 23.4 Å². The Morgan fingerprint density at radius 3 is 2.08 bits per heavy atom. The molecule has 0 radical (unpaired) electrons. The number of aryl methyl sites for hydroxylation is 1. The van der Waals surface area contributed by atoms with Crippen molar-refractivity contribution in [3.8, 4) is 0 Å². The summed E-state index contributed by atoms with van der Waals surface area (Å²) in [6, 6.07) is 7.57. The molecule has 1 aliphatic heterocycles. The summed E-state index contributed by atoms with van der Waals surface area (Å²) in [4.78, 5) is 41.2. The van der Waals surface area contributed by atoms with Crippen LogP contribution in [-0.2, 0) is 14.4 Å². The standard InChI is InChI=1S/C21H22N2O3/c1-11-3-5-13(6-4-11)22(12(2)24)10-23-20(25)18-14-7-8-15(17-9-16(14)17)19(18)21(23)26/h3-8,14-19H,9-10H2,1-2H3/t14-,15-,16-,17-,18-,19+/m1/s1. The molecular formula is C21H22N2O3. The number of hydrogen-bond acceptors (Lipinski definition) is 3. The summed E-state index contributed by atoms with van der Waals surface area (Å²) in [6.07, 6.45) is 5.48. The highest BCUT2D eigenvalue weighted by molar-refractivity contribution is 6.07. The third kappa shape index (κ3) is 2.06. The number of imide groups is 1. The molecule has 1 aromatic carbocycles.